The quantitative estimate of drug-likeness (QED) is 0.372. The van der Waals surface area contributed by atoms with E-state index < -0.39 is 0 Å². The third-order valence-electron chi connectivity index (χ3n) is 2.90. The number of amides is 2. The molecule has 0 aromatic carbocycles. The maximum Gasteiger partial charge on any atom is 0.220 e. The van der Waals surface area contributed by atoms with Crippen LogP contribution in [0.1, 0.15) is 26.2 Å². The summed E-state index contributed by atoms with van der Waals surface area (Å²) in [5, 5.41) is 5.57. The van der Waals surface area contributed by atoms with Gasteiger partial charge in [0.05, 0.1) is 26.4 Å². The summed E-state index contributed by atoms with van der Waals surface area (Å²) in [4.78, 5) is 22.0. The lowest BCUT2D eigenvalue weighted by molar-refractivity contribution is -0.121. The third kappa shape index (κ3) is 19.2. The van der Waals surface area contributed by atoms with E-state index >= 15 is 0 Å². The molecule has 0 aromatic rings. The number of carbonyl (C=O) groups excluding carboxylic acids is 2. The Kier molecular flexibility index (Phi) is 17.9. The largest absolute Gasteiger partial charge is 0.379 e. The number of thioether (sulfide) groups is 1. The molecule has 7 nitrogen and oxygen atoms in total. The second-order valence-corrected chi connectivity index (χ2v) is 6.11. The molecule has 0 aromatic heterocycles. The molecule has 0 aliphatic carbocycles. The zero-order chi connectivity index (χ0) is 17.9. The highest BCUT2D eigenvalue weighted by molar-refractivity contribution is 7.98. The maximum absolute atomic E-state index is 11.3. The predicted octanol–water partition coefficient (Wildman–Crippen LogP) is 0.822. The molecule has 0 heterocycles. The second kappa shape index (κ2) is 18.5. The minimum absolute atomic E-state index is 0.0173. The molecular weight excluding hydrogens is 332 g/mol. The summed E-state index contributed by atoms with van der Waals surface area (Å²) < 4.78 is 16.2. The predicted molar refractivity (Wildman–Crippen MR) is 96.4 cm³/mol. The van der Waals surface area contributed by atoms with Gasteiger partial charge < -0.3 is 24.8 Å². The SMILES string of the molecule is CSCCC(=O)NCCCOCCOCCOCCCNC(C)=O. The molecule has 0 unspecified atom stereocenters. The number of carbonyl (C=O) groups is 2. The van der Waals surface area contributed by atoms with Gasteiger partial charge in [-0.15, -0.1) is 0 Å². The topological polar surface area (TPSA) is 85.9 Å². The van der Waals surface area contributed by atoms with E-state index in [0.29, 0.717) is 59.2 Å². The maximum atomic E-state index is 11.3. The Labute approximate surface area is 149 Å². The van der Waals surface area contributed by atoms with Crippen LogP contribution in [0.3, 0.4) is 0 Å². The zero-order valence-corrected chi connectivity index (χ0v) is 15.8. The molecule has 0 aliphatic heterocycles. The van der Waals surface area contributed by atoms with Crippen LogP contribution >= 0.6 is 11.8 Å². The number of nitrogens with one attached hydrogen (secondary N) is 2. The van der Waals surface area contributed by atoms with E-state index in [0.717, 1.165) is 18.6 Å². The van der Waals surface area contributed by atoms with E-state index in [-0.39, 0.29) is 11.8 Å². The van der Waals surface area contributed by atoms with Gasteiger partial charge in [0, 0.05) is 45.4 Å². The van der Waals surface area contributed by atoms with Gasteiger partial charge in [0.1, 0.15) is 0 Å². The van der Waals surface area contributed by atoms with Crippen molar-refractivity contribution in [2.75, 3.05) is 64.7 Å². The molecule has 0 atom stereocenters. The fourth-order valence-electron chi connectivity index (χ4n) is 1.67. The van der Waals surface area contributed by atoms with Crippen molar-refractivity contribution in [1.82, 2.24) is 10.6 Å². The van der Waals surface area contributed by atoms with Crippen LogP contribution < -0.4 is 10.6 Å². The summed E-state index contributed by atoms with van der Waals surface area (Å²) >= 11 is 1.67. The molecule has 0 saturated carbocycles. The van der Waals surface area contributed by atoms with E-state index in [1.165, 1.54) is 6.92 Å². The van der Waals surface area contributed by atoms with Crippen LogP contribution in [0.25, 0.3) is 0 Å². The Hall–Kier alpha value is -0.830. The molecule has 0 rings (SSSR count). The first-order valence-corrected chi connectivity index (χ1v) is 9.79. The average Bonchev–Trinajstić information content (AvgIpc) is 2.56. The third-order valence-corrected chi connectivity index (χ3v) is 3.52. The molecule has 142 valence electrons. The molecule has 2 amide bonds. The van der Waals surface area contributed by atoms with E-state index in [1.54, 1.807) is 11.8 Å². The van der Waals surface area contributed by atoms with Crippen molar-refractivity contribution in [2.45, 2.75) is 26.2 Å². The molecule has 0 spiro atoms. The number of ether oxygens (including phenoxy) is 3. The van der Waals surface area contributed by atoms with E-state index in [1.807, 2.05) is 6.26 Å². The minimum atomic E-state index is -0.0173. The van der Waals surface area contributed by atoms with Crippen molar-refractivity contribution < 1.29 is 23.8 Å². The Balaban J connectivity index is 3.07. The highest BCUT2D eigenvalue weighted by Crippen LogP contribution is 1.94. The summed E-state index contributed by atoms with van der Waals surface area (Å²) in [7, 11) is 0. The molecule has 0 fully saturated rings. The lowest BCUT2D eigenvalue weighted by Gasteiger charge is -2.07. The lowest BCUT2D eigenvalue weighted by atomic mass is 10.4. The van der Waals surface area contributed by atoms with Gasteiger partial charge >= 0.3 is 0 Å². The van der Waals surface area contributed by atoms with Crippen LogP contribution in [-0.2, 0) is 23.8 Å². The molecule has 0 radical (unpaired) electrons. The van der Waals surface area contributed by atoms with Crippen molar-refractivity contribution in [2.24, 2.45) is 0 Å². The normalized spacial score (nSPS) is 10.6. The van der Waals surface area contributed by atoms with Crippen molar-refractivity contribution in [3.63, 3.8) is 0 Å². The first-order valence-electron chi connectivity index (χ1n) is 8.40. The Morgan fingerprint density at radius 2 is 1.33 bits per heavy atom. The van der Waals surface area contributed by atoms with Gasteiger partial charge in [-0.1, -0.05) is 0 Å². The Morgan fingerprint density at radius 3 is 1.83 bits per heavy atom. The smallest absolute Gasteiger partial charge is 0.220 e. The van der Waals surface area contributed by atoms with Gasteiger partial charge in [0.15, 0.2) is 0 Å². The summed E-state index contributed by atoms with van der Waals surface area (Å²) in [6, 6.07) is 0. The van der Waals surface area contributed by atoms with E-state index in [2.05, 4.69) is 10.6 Å². The van der Waals surface area contributed by atoms with Gasteiger partial charge in [-0.3, -0.25) is 9.59 Å². The highest BCUT2D eigenvalue weighted by Gasteiger charge is 1.99. The standard InChI is InChI=1S/C16H32N2O5S/c1-15(19)17-6-3-8-21-10-12-23-13-11-22-9-4-7-18-16(20)5-14-24-2/h3-14H2,1-2H3,(H,17,19)(H,18,20). The first-order chi connectivity index (χ1) is 11.7. The van der Waals surface area contributed by atoms with Gasteiger partial charge in [-0.2, -0.15) is 11.8 Å². The van der Waals surface area contributed by atoms with Crippen LogP contribution in [0.4, 0.5) is 0 Å². The molecule has 2 N–H and O–H groups in total. The van der Waals surface area contributed by atoms with E-state index in [9.17, 15) is 9.59 Å². The number of rotatable bonds is 17. The summed E-state index contributed by atoms with van der Waals surface area (Å²) in [5.74, 6) is 0.944. The van der Waals surface area contributed by atoms with Crippen molar-refractivity contribution in [3.8, 4) is 0 Å². The molecule has 0 aliphatic rings. The van der Waals surface area contributed by atoms with Crippen LogP contribution in [-0.4, -0.2) is 76.6 Å². The van der Waals surface area contributed by atoms with Gasteiger partial charge in [0.25, 0.3) is 0 Å². The molecular formula is C16H32N2O5S. The first kappa shape index (κ1) is 23.2. The van der Waals surface area contributed by atoms with Crippen LogP contribution in [0, 0.1) is 0 Å². The van der Waals surface area contributed by atoms with Crippen LogP contribution in [0.15, 0.2) is 0 Å². The van der Waals surface area contributed by atoms with Crippen LogP contribution in [0.5, 0.6) is 0 Å². The van der Waals surface area contributed by atoms with Crippen molar-refractivity contribution in [3.05, 3.63) is 0 Å². The van der Waals surface area contributed by atoms with Gasteiger partial charge in [-0.25, -0.2) is 0 Å². The minimum Gasteiger partial charge on any atom is -0.379 e. The fourth-order valence-corrected chi connectivity index (χ4v) is 2.06. The number of hydrogen-bond donors (Lipinski definition) is 2. The molecule has 24 heavy (non-hydrogen) atoms. The number of hydrogen-bond acceptors (Lipinski definition) is 6. The van der Waals surface area contributed by atoms with Crippen molar-refractivity contribution in [1.29, 1.82) is 0 Å². The average molecular weight is 365 g/mol. The monoisotopic (exact) mass is 364 g/mol. The Morgan fingerprint density at radius 1 is 0.833 bits per heavy atom. The Bertz CT molecular complexity index is 319. The summed E-state index contributed by atoms with van der Waals surface area (Å²) in [5.41, 5.74) is 0. The highest BCUT2D eigenvalue weighted by atomic mass is 32.2. The van der Waals surface area contributed by atoms with Gasteiger partial charge in [-0.05, 0) is 19.1 Å². The molecule has 0 bridgehead atoms. The lowest BCUT2D eigenvalue weighted by Crippen LogP contribution is -2.25. The van der Waals surface area contributed by atoms with Crippen molar-refractivity contribution >= 4 is 23.6 Å². The summed E-state index contributed by atoms with van der Waals surface area (Å²) in [6.45, 7) is 6.19. The second-order valence-electron chi connectivity index (χ2n) is 5.12. The molecule has 0 saturated heterocycles. The fraction of sp³-hybridized carbons (Fsp3) is 0.875. The zero-order valence-electron chi connectivity index (χ0n) is 14.9. The van der Waals surface area contributed by atoms with Crippen LogP contribution in [0.2, 0.25) is 0 Å². The molecule has 8 heteroatoms. The van der Waals surface area contributed by atoms with E-state index in [4.69, 9.17) is 14.2 Å². The van der Waals surface area contributed by atoms with Gasteiger partial charge in [0.2, 0.25) is 11.8 Å². The summed E-state index contributed by atoms with van der Waals surface area (Å²) in [6.07, 6.45) is 4.17.